The van der Waals surface area contributed by atoms with Crippen molar-refractivity contribution in [2.45, 2.75) is 6.54 Å². The number of hydrogen-bond acceptors (Lipinski definition) is 5. The molecule has 2 N–H and O–H groups in total. The van der Waals surface area contributed by atoms with Crippen molar-refractivity contribution >= 4 is 56.3 Å². The van der Waals surface area contributed by atoms with Crippen LogP contribution in [0.4, 0.5) is 5.69 Å². The number of amides is 1. The minimum absolute atomic E-state index is 0.249. The highest BCUT2D eigenvalue weighted by Gasteiger charge is 2.17. The molecule has 3 aromatic carbocycles. The van der Waals surface area contributed by atoms with Gasteiger partial charge in [0.05, 0.1) is 25.9 Å². The number of hydrogen-bond donors (Lipinski definition) is 2. The smallest absolute Gasteiger partial charge is 0.255 e. The van der Waals surface area contributed by atoms with Gasteiger partial charge < -0.3 is 10.6 Å². The first-order chi connectivity index (χ1) is 16.1. The topological polar surface area (TPSA) is 57.3 Å². The largest absolute Gasteiger partial charge is 0.321 e. The van der Waals surface area contributed by atoms with Crippen molar-refractivity contribution in [3.8, 4) is 10.6 Å². The van der Waals surface area contributed by atoms with E-state index < -0.39 is 0 Å². The summed E-state index contributed by atoms with van der Waals surface area (Å²) in [6, 6.07) is 18.9. The van der Waals surface area contributed by atoms with Gasteiger partial charge in [0.2, 0.25) is 0 Å². The van der Waals surface area contributed by atoms with Crippen molar-refractivity contribution in [1.29, 1.82) is 0 Å². The van der Waals surface area contributed by atoms with Crippen molar-refractivity contribution in [1.82, 2.24) is 15.2 Å². The molecular weight excluding hydrogens is 475 g/mol. The molecule has 0 bridgehead atoms. The molecule has 1 aromatic heterocycles. The Balaban J connectivity index is 1.45. The van der Waals surface area contributed by atoms with Gasteiger partial charge in [-0.1, -0.05) is 47.5 Å². The maximum Gasteiger partial charge on any atom is 0.255 e. The van der Waals surface area contributed by atoms with Crippen LogP contribution in [0.1, 0.15) is 15.9 Å². The fraction of sp³-hybridized carbons (Fsp3) is 0.200. The van der Waals surface area contributed by atoms with Gasteiger partial charge in [0.15, 0.2) is 0 Å². The molecule has 1 aliphatic heterocycles. The average molecular weight is 497 g/mol. The number of fused-ring (bicyclic) bond motifs is 1. The summed E-state index contributed by atoms with van der Waals surface area (Å²) in [6.07, 6.45) is 0. The Morgan fingerprint density at radius 2 is 1.85 bits per heavy atom. The third kappa shape index (κ3) is 4.90. The molecule has 5 rings (SSSR count). The van der Waals surface area contributed by atoms with Gasteiger partial charge in [0, 0.05) is 43.9 Å². The van der Waals surface area contributed by atoms with E-state index in [2.05, 4.69) is 33.7 Å². The van der Waals surface area contributed by atoms with E-state index in [1.54, 1.807) is 29.5 Å². The Morgan fingerprint density at radius 1 is 1.03 bits per heavy atom. The highest BCUT2D eigenvalue weighted by atomic mass is 35.5. The second-order valence-corrected chi connectivity index (χ2v) is 9.78. The normalized spacial score (nSPS) is 14.5. The molecule has 1 fully saturated rings. The maximum atomic E-state index is 12.9. The molecule has 5 nitrogen and oxygen atoms in total. The molecular formula is C25H22Cl2N4OS. The van der Waals surface area contributed by atoms with Gasteiger partial charge in [-0.15, -0.1) is 11.3 Å². The molecule has 0 radical (unpaired) electrons. The number of halogens is 2. The number of thiazole rings is 1. The number of carbonyl (C=O) groups excluding carboxylic acids is 1. The van der Waals surface area contributed by atoms with Crippen LogP contribution in [-0.4, -0.2) is 42.0 Å². The van der Waals surface area contributed by atoms with E-state index in [1.165, 1.54) is 5.56 Å². The van der Waals surface area contributed by atoms with Crippen LogP contribution in [0, 0.1) is 0 Å². The minimum Gasteiger partial charge on any atom is -0.321 e. The molecule has 0 aliphatic carbocycles. The van der Waals surface area contributed by atoms with Gasteiger partial charge in [-0.2, -0.15) is 0 Å². The first kappa shape index (κ1) is 22.3. The number of para-hydroxylation sites is 2. The molecule has 0 unspecified atom stereocenters. The maximum absolute atomic E-state index is 12.9. The van der Waals surface area contributed by atoms with Crippen LogP contribution in [-0.2, 0) is 6.54 Å². The molecule has 0 atom stereocenters. The molecule has 1 amide bonds. The first-order valence-electron chi connectivity index (χ1n) is 10.8. The summed E-state index contributed by atoms with van der Waals surface area (Å²) in [5.41, 5.74) is 4.30. The van der Waals surface area contributed by atoms with Crippen LogP contribution < -0.4 is 10.6 Å². The van der Waals surface area contributed by atoms with E-state index in [0.29, 0.717) is 21.3 Å². The molecule has 8 heteroatoms. The number of nitrogens with zero attached hydrogens (tertiary/aromatic N) is 2. The molecule has 2 heterocycles. The molecule has 4 aromatic rings. The molecule has 0 saturated carbocycles. The number of carbonyl (C=O) groups is 1. The van der Waals surface area contributed by atoms with E-state index in [0.717, 1.165) is 53.5 Å². The lowest BCUT2D eigenvalue weighted by Crippen LogP contribution is -2.42. The van der Waals surface area contributed by atoms with Gasteiger partial charge in [0.25, 0.3) is 5.91 Å². The van der Waals surface area contributed by atoms with E-state index >= 15 is 0 Å². The number of rotatable bonds is 5. The van der Waals surface area contributed by atoms with Gasteiger partial charge in [0.1, 0.15) is 5.01 Å². The van der Waals surface area contributed by atoms with Gasteiger partial charge in [-0.25, -0.2) is 4.98 Å². The molecule has 33 heavy (non-hydrogen) atoms. The van der Waals surface area contributed by atoms with E-state index in [4.69, 9.17) is 28.2 Å². The van der Waals surface area contributed by atoms with Crippen molar-refractivity contribution in [2.24, 2.45) is 0 Å². The van der Waals surface area contributed by atoms with Crippen LogP contribution >= 0.6 is 34.5 Å². The zero-order chi connectivity index (χ0) is 22.8. The molecule has 1 aliphatic rings. The summed E-state index contributed by atoms with van der Waals surface area (Å²) in [5, 5.41) is 8.05. The summed E-state index contributed by atoms with van der Waals surface area (Å²) < 4.78 is 1.14. The van der Waals surface area contributed by atoms with Crippen molar-refractivity contribution in [3.05, 3.63) is 81.8 Å². The molecule has 0 spiro atoms. The van der Waals surface area contributed by atoms with Crippen LogP contribution in [0.5, 0.6) is 0 Å². The van der Waals surface area contributed by atoms with Gasteiger partial charge in [-0.05, 0) is 42.0 Å². The number of nitrogens with one attached hydrogen (secondary N) is 2. The fourth-order valence-corrected chi connectivity index (χ4v) is 5.32. The lowest BCUT2D eigenvalue weighted by atomic mass is 10.1. The second kappa shape index (κ2) is 9.79. The summed E-state index contributed by atoms with van der Waals surface area (Å²) in [4.78, 5) is 20.3. The Labute approximate surface area is 206 Å². The standard InChI is InChI=1S/C25H22Cl2N4OS/c26-19-9-8-16(14-20(19)27)24(32)29-21-6-2-1-5-18(21)25-30-23-17(4-3-7-22(23)33-25)15-31-12-10-28-11-13-31/h1-9,14,28H,10-13,15H2,(H,29,32). The monoisotopic (exact) mass is 496 g/mol. The summed E-state index contributed by atoms with van der Waals surface area (Å²) in [5.74, 6) is -0.249. The number of aromatic nitrogens is 1. The molecule has 1 saturated heterocycles. The van der Waals surface area contributed by atoms with Crippen LogP contribution in [0.3, 0.4) is 0 Å². The predicted molar refractivity (Wildman–Crippen MR) is 138 cm³/mol. The third-order valence-corrected chi connectivity index (χ3v) is 7.49. The third-order valence-electron chi connectivity index (χ3n) is 5.69. The van der Waals surface area contributed by atoms with Crippen molar-refractivity contribution < 1.29 is 4.79 Å². The lowest BCUT2D eigenvalue weighted by Gasteiger charge is -2.27. The summed E-state index contributed by atoms with van der Waals surface area (Å²) in [7, 11) is 0. The summed E-state index contributed by atoms with van der Waals surface area (Å²) in [6.45, 7) is 5.00. The predicted octanol–water partition coefficient (Wildman–Crippen LogP) is 5.93. The Bertz CT molecular complexity index is 1320. The summed E-state index contributed by atoms with van der Waals surface area (Å²) >= 11 is 13.7. The van der Waals surface area contributed by atoms with Gasteiger partial charge >= 0.3 is 0 Å². The SMILES string of the molecule is O=C(Nc1ccccc1-c1nc2c(CN3CCNCC3)cccc2s1)c1ccc(Cl)c(Cl)c1. The zero-order valence-corrected chi connectivity index (χ0v) is 20.1. The highest BCUT2D eigenvalue weighted by Crippen LogP contribution is 2.36. The van der Waals surface area contributed by atoms with E-state index in [9.17, 15) is 4.79 Å². The van der Waals surface area contributed by atoms with Crippen molar-refractivity contribution in [3.63, 3.8) is 0 Å². The van der Waals surface area contributed by atoms with E-state index in [1.807, 2.05) is 24.3 Å². The Hall–Kier alpha value is -2.48. The average Bonchev–Trinajstić information content (AvgIpc) is 3.27. The Kier molecular flexibility index (Phi) is 6.62. The number of anilines is 1. The lowest BCUT2D eigenvalue weighted by molar-refractivity contribution is 0.102. The van der Waals surface area contributed by atoms with E-state index in [-0.39, 0.29) is 5.91 Å². The first-order valence-corrected chi connectivity index (χ1v) is 12.3. The number of piperazine rings is 1. The fourth-order valence-electron chi connectivity index (χ4n) is 3.97. The molecule has 168 valence electrons. The van der Waals surface area contributed by atoms with Crippen molar-refractivity contribution in [2.75, 3.05) is 31.5 Å². The number of benzene rings is 3. The van der Waals surface area contributed by atoms with Crippen LogP contribution in [0.15, 0.2) is 60.7 Å². The van der Waals surface area contributed by atoms with Crippen LogP contribution in [0.2, 0.25) is 10.0 Å². The quantitative estimate of drug-likeness (QED) is 0.359. The highest BCUT2D eigenvalue weighted by molar-refractivity contribution is 7.21. The second-order valence-electron chi connectivity index (χ2n) is 7.94. The minimum atomic E-state index is -0.249. The van der Waals surface area contributed by atoms with Gasteiger partial charge in [-0.3, -0.25) is 9.69 Å². The zero-order valence-electron chi connectivity index (χ0n) is 17.8. The van der Waals surface area contributed by atoms with Crippen LogP contribution in [0.25, 0.3) is 20.8 Å². The Morgan fingerprint density at radius 3 is 2.67 bits per heavy atom.